The Hall–Kier alpha value is -1.65. The van der Waals surface area contributed by atoms with Crippen molar-refractivity contribution < 1.29 is 8.95 Å². The summed E-state index contributed by atoms with van der Waals surface area (Å²) in [4.78, 5) is 0.911. The molecule has 0 bridgehead atoms. The first-order valence-corrected chi connectivity index (χ1v) is 8.99. The number of rotatable bonds is 5. The zero-order chi connectivity index (χ0) is 15.4. The number of hydrogen-bond donors (Lipinski definition) is 1. The first kappa shape index (κ1) is 15.3. The third-order valence-electron chi connectivity index (χ3n) is 3.89. The summed E-state index contributed by atoms with van der Waals surface area (Å²) in [6.07, 6.45) is 2.31. The summed E-state index contributed by atoms with van der Waals surface area (Å²) in [6, 6.07) is 15.9. The van der Waals surface area contributed by atoms with Crippen LogP contribution in [0.3, 0.4) is 0 Å². The average Bonchev–Trinajstić information content (AvgIpc) is 3.01. The highest BCUT2D eigenvalue weighted by Crippen LogP contribution is 2.25. The Kier molecular flexibility index (Phi) is 4.90. The van der Waals surface area contributed by atoms with Gasteiger partial charge in [0.2, 0.25) is 0 Å². The fourth-order valence-corrected chi connectivity index (χ4v) is 4.20. The minimum Gasteiger partial charge on any atom is -0.457 e. The van der Waals surface area contributed by atoms with Crippen molar-refractivity contribution in [3.8, 4) is 11.5 Å². The smallest absolute Gasteiger partial charge is 0.127 e. The van der Waals surface area contributed by atoms with Crippen LogP contribution in [0.1, 0.15) is 18.4 Å². The van der Waals surface area contributed by atoms with Crippen LogP contribution in [0, 0.1) is 6.92 Å². The van der Waals surface area contributed by atoms with Gasteiger partial charge in [0.05, 0.1) is 10.8 Å². The first-order valence-electron chi connectivity index (χ1n) is 7.68. The van der Waals surface area contributed by atoms with Gasteiger partial charge in [-0.25, -0.2) is 0 Å². The lowest BCUT2D eigenvalue weighted by atomic mass is 10.2. The second kappa shape index (κ2) is 7.07. The molecule has 0 radical (unpaired) electrons. The Morgan fingerprint density at radius 3 is 2.68 bits per heavy atom. The molecule has 1 aliphatic heterocycles. The van der Waals surface area contributed by atoms with Crippen LogP contribution in [-0.2, 0) is 10.8 Å². The van der Waals surface area contributed by atoms with Crippen LogP contribution in [0.5, 0.6) is 11.5 Å². The third kappa shape index (κ3) is 3.76. The molecule has 0 saturated carbocycles. The van der Waals surface area contributed by atoms with Crippen molar-refractivity contribution in [1.82, 2.24) is 5.32 Å². The van der Waals surface area contributed by atoms with E-state index in [1.54, 1.807) is 0 Å². The van der Waals surface area contributed by atoms with Crippen molar-refractivity contribution in [1.29, 1.82) is 0 Å². The summed E-state index contributed by atoms with van der Waals surface area (Å²) in [7, 11) is -0.958. The van der Waals surface area contributed by atoms with Crippen molar-refractivity contribution in [3.05, 3.63) is 54.1 Å². The van der Waals surface area contributed by atoms with Gasteiger partial charge < -0.3 is 10.1 Å². The van der Waals surface area contributed by atoms with E-state index in [-0.39, 0.29) is 0 Å². The maximum Gasteiger partial charge on any atom is 0.127 e. The van der Waals surface area contributed by atoms with E-state index >= 15 is 0 Å². The Morgan fingerprint density at radius 1 is 1.18 bits per heavy atom. The standard InChI is InChI=1S/C18H21NO2S/c1-14-12-17(21-16-7-3-2-4-8-16)9-10-18(14)22(20)13-15-6-5-11-19-15/h2-4,7-10,12,15,19H,5-6,11,13H2,1H3. The minimum atomic E-state index is -0.958. The van der Waals surface area contributed by atoms with Gasteiger partial charge in [-0.2, -0.15) is 0 Å². The Bertz CT molecular complexity index is 651. The van der Waals surface area contributed by atoms with Gasteiger partial charge in [-0.1, -0.05) is 18.2 Å². The number of ether oxygens (including phenoxy) is 1. The maximum absolute atomic E-state index is 12.5. The Balaban J connectivity index is 1.70. The molecular weight excluding hydrogens is 294 g/mol. The molecule has 116 valence electrons. The molecule has 0 spiro atoms. The SMILES string of the molecule is Cc1cc(Oc2ccccc2)ccc1S(=O)CC1CCCN1. The molecule has 1 heterocycles. The molecule has 3 rings (SSSR count). The van der Waals surface area contributed by atoms with Gasteiger partial charge in [-0.05, 0) is 62.2 Å². The third-order valence-corrected chi connectivity index (χ3v) is 5.54. The number of aryl methyl sites for hydroxylation is 1. The van der Waals surface area contributed by atoms with E-state index in [0.29, 0.717) is 11.8 Å². The number of benzene rings is 2. The van der Waals surface area contributed by atoms with Crippen molar-refractivity contribution in [3.63, 3.8) is 0 Å². The largest absolute Gasteiger partial charge is 0.457 e. The number of nitrogens with one attached hydrogen (secondary N) is 1. The monoisotopic (exact) mass is 315 g/mol. The molecular formula is C18H21NO2S. The lowest BCUT2D eigenvalue weighted by molar-refractivity contribution is 0.481. The van der Waals surface area contributed by atoms with Gasteiger partial charge in [-0.3, -0.25) is 4.21 Å². The molecule has 0 aliphatic carbocycles. The zero-order valence-electron chi connectivity index (χ0n) is 12.7. The lowest BCUT2D eigenvalue weighted by Gasteiger charge is -2.13. The van der Waals surface area contributed by atoms with E-state index in [1.807, 2.05) is 55.5 Å². The summed E-state index contributed by atoms with van der Waals surface area (Å²) in [5.41, 5.74) is 1.02. The van der Waals surface area contributed by atoms with E-state index in [1.165, 1.54) is 6.42 Å². The van der Waals surface area contributed by atoms with E-state index in [9.17, 15) is 4.21 Å². The fourth-order valence-electron chi connectivity index (χ4n) is 2.74. The zero-order valence-corrected chi connectivity index (χ0v) is 13.6. The summed E-state index contributed by atoms with van der Waals surface area (Å²) in [5, 5.41) is 3.40. The molecule has 2 aromatic rings. The predicted molar refractivity (Wildman–Crippen MR) is 90.0 cm³/mol. The van der Waals surface area contributed by atoms with Crippen LogP contribution in [0.4, 0.5) is 0 Å². The van der Waals surface area contributed by atoms with E-state index in [0.717, 1.165) is 34.9 Å². The van der Waals surface area contributed by atoms with Crippen molar-refractivity contribution in [2.75, 3.05) is 12.3 Å². The van der Waals surface area contributed by atoms with Gasteiger partial charge in [0.25, 0.3) is 0 Å². The van der Waals surface area contributed by atoms with Crippen LogP contribution in [-0.4, -0.2) is 22.5 Å². The van der Waals surface area contributed by atoms with Crippen molar-refractivity contribution in [2.24, 2.45) is 0 Å². The Labute approximate surface area is 134 Å². The van der Waals surface area contributed by atoms with E-state index in [4.69, 9.17) is 4.74 Å². The van der Waals surface area contributed by atoms with Crippen LogP contribution in [0.15, 0.2) is 53.4 Å². The van der Waals surface area contributed by atoms with Gasteiger partial charge in [0, 0.05) is 16.7 Å². The van der Waals surface area contributed by atoms with Gasteiger partial charge in [0.15, 0.2) is 0 Å². The highest BCUT2D eigenvalue weighted by molar-refractivity contribution is 7.85. The molecule has 4 heteroatoms. The number of para-hydroxylation sites is 1. The fraction of sp³-hybridized carbons (Fsp3) is 0.333. The summed E-state index contributed by atoms with van der Waals surface area (Å²) < 4.78 is 18.3. The van der Waals surface area contributed by atoms with E-state index in [2.05, 4.69) is 5.32 Å². The topological polar surface area (TPSA) is 38.3 Å². The van der Waals surface area contributed by atoms with Crippen molar-refractivity contribution in [2.45, 2.75) is 30.7 Å². The van der Waals surface area contributed by atoms with E-state index < -0.39 is 10.8 Å². The van der Waals surface area contributed by atoms with Gasteiger partial charge >= 0.3 is 0 Å². The minimum absolute atomic E-state index is 0.389. The summed E-state index contributed by atoms with van der Waals surface area (Å²) >= 11 is 0. The number of hydrogen-bond acceptors (Lipinski definition) is 3. The summed E-state index contributed by atoms with van der Waals surface area (Å²) in [6.45, 7) is 3.04. The van der Waals surface area contributed by atoms with Crippen LogP contribution in [0.25, 0.3) is 0 Å². The Morgan fingerprint density at radius 2 is 2.00 bits per heavy atom. The highest BCUT2D eigenvalue weighted by Gasteiger charge is 2.18. The predicted octanol–water partition coefficient (Wildman–Crippen LogP) is 3.65. The molecule has 2 atom stereocenters. The first-order chi connectivity index (χ1) is 10.7. The quantitative estimate of drug-likeness (QED) is 0.915. The normalized spacial score (nSPS) is 19.0. The summed E-state index contributed by atoms with van der Waals surface area (Å²) in [5.74, 6) is 2.29. The average molecular weight is 315 g/mol. The maximum atomic E-state index is 12.5. The van der Waals surface area contributed by atoms with Gasteiger partial charge in [-0.15, -0.1) is 0 Å². The molecule has 2 unspecified atom stereocenters. The van der Waals surface area contributed by atoms with Crippen molar-refractivity contribution >= 4 is 10.8 Å². The van der Waals surface area contributed by atoms with Crippen LogP contribution < -0.4 is 10.1 Å². The highest BCUT2D eigenvalue weighted by atomic mass is 32.2. The van der Waals surface area contributed by atoms with Gasteiger partial charge in [0.1, 0.15) is 11.5 Å². The molecule has 1 fully saturated rings. The molecule has 0 aromatic heterocycles. The molecule has 1 saturated heterocycles. The molecule has 3 nitrogen and oxygen atoms in total. The molecule has 1 aliphatic rings. The van der Waals surface area contributed by atoms with Crippen LogP contribution >= 0.6 is 0 Å². The second-order valence-electron chi connectivity index (χ2n) is 5.65. The molecule has 0 amide bonds. The molecule has 22 heavy (non-hydrogen) atoms. The second-order valence-corrected chi connectivity index (χ2v) is 7.11. The molecule has 2 aromatic carbocycles. The lowest BCUT2D eigenvalue weighted by Crippen LogP contribution is -2.27. The molecule has 1 N–H and O–H groups in total. The van der Waals surface area contributed by atoms with Crippen LogP contribution in [0.2, 0.25) is 0 Å².